The first kappa shape index (κ1) is 18.4. The molecule has 1 fully saturated rings. The van der Waals surface area contributed by atoms with Gasteiger partial charge in [-0.15, -0.1) is 0 Å². The van der Waals surface area contributed by atoms with E-state index < -0.39 is 16.0 Å². The minimum Gasteiger partial charge on any atom is -0.462 e. The Morgan fingerprint density at radius 1 is 0.962 bits per heavy atom. The van der Waals surface area contributed by atoms with Gasteiger partial charge in [0.2, 0.25) is 10.0 Å². The first-order chi connectivity index (χ1) is 12.5. The van der Waals surface area contributed by atoms with Crippen molar-refractivity contribution in [1.82, 2.24) is 4.31 Å². The molecule has 1 aliphatic rings. The van der Waals surface area contributed by atoms with Crippen LogP contribution in [0.15, 0.2) is 59.5 Å². The molecule has 1 saturated heterocycles. The number of carbonyl (C=O) groups is 1. The fourth-order valence-corrected chi connectivity index (χ4v) is 4.37. The van der Waals surface area contributed by atoms with Crippen LogP contribution in [-0.4, -0.2) is 51.5 Å². The number of hydrogen-bond donors (Lipinski definition) is 0. The van der Waals surface area contributed by atoms with E-state index in [1.807, 2.05) is 30.3 Å². The van der Waals surface area contributed by atoms with Crippen LogP contribution in [0, 0.1) is 0 Å². The fourth-order valence-electron chi connectivity index (χ4n) is 2.95. The number of piperazine rings is 1. The number of anilines is 1. The van der Waals surface area contributed by atoms with E-state index >= 15 is 0 Å². The number of para-hydroxylation sites is 1. The Labute approximate surface area is 154 Å². The third-order valence-corrected chi connectivity index (χ3v) is 6.28. The lowest BCUT2D eigenvalue weighted by Crippen LogP contribution is -2.48. The van der Waals surface area contributed by atoms with Gasteiger partial charge in [-0.25, -0.2) is 13.2 Å². The zero-order valence-electron chi connectivity index (χ0n) is 14.7. The lowest BCUT2D eigenvalue weighted by atomic mass is 10.2. The highest BCUT2D eigenvalue weighted by molar-refractivity contribution is 7.89. The number of ether oxygens (including phenoxy) is 1. The van der Waals surface area contributed by atoms with Gasteiger partial charge in [0.05, 0.1) is 17.1 Å². The largest absolute Gasteiger partial charge is 0.462 e. The molecule has 26 heavy (non-hydrogen) atoms. The van der Waals surface area contributed by atoms with E-state index in [-0.39, 0.29) is 11.5 Å². The highest BCUT2D eigenvalue weighted by Crippen LogP contribution is 2.21. The average Bonchev–Trinajstić information content (AvgIpc) is 2.69. The van der Waals surface area contributed by atoms with Crippen LogP contribution in [0.1, 0.15) is 17.3 Å². The van der Waals surface area contributed by atoms with Gasteiger partial charge in [-0.05, 0) is 43.3 Å². The molecule has 2 aromatic rings. The summed E-state index contributed by atoms with van der Waals surface area (Å²) in [6.07, 6.45) is 0. The van der Waals surface area contributed by atoms with Crippen LogP contribution in [0.25, 0.3) is 0 Å². The third-order valence-electron chi connectivity index (χ3n) is 4.36. The maximum atomic E-state index is 12.8. The van der Waals surface area contributed by atoms with E-state index in [9.17, 15) is 13.2 Å². The Morgan fingerprint density at radius 2 is 1.58 bits per heavy atom. The Morgan fingerprint density at radius 3 is 2.15 bits per heavy atom. The molecule has 0 amide bonds. The SMILES string of the molecule is CCOC(=O)c1ccc(S(=O)(=O)N2CCN(c3ccccc3)CC2)cc1. The summed E-state index contributed by atoms with van der Waals surface area (Å²) in [4.78, 5) is 14.1. The second-order valence-electron chi connectivity index (χ2n) is 5.97. The average molecular weight is 374 g/mol. The molecule has 0 atom stereocenters. The highest BCUT2D eigenvalue weighted by atomic mass is 32.2. The van der Waals surface area contributed by atoms with Crippen molar-refractivity contribution in [3.05, 3.63) is 60.2 Å². The van der Waals surface area contributed by atoms with Crippen LogP contribution in [0.3, 0.4) is 0 Å². The summed E-state index contributed by atoms with van der Waals surface area (Å²) in [5.41, 5.74) is 1.45. The van der Waals surface area contributed by atoms with Gasteiger partial charge >= 0.3 is 5.97 Å². The standard InChI is InChI=1S/C19H22N2O4S/c1-2-25-19(22)16-8-10-18(11-9-16)26(23,24)21-14-12-20(13-15-21)17-6-4-3-5-7-17/h3-11H,2,12-15H2,1H3. The molecule has 0 bridgehead atoms. The Kier molecular flexibility index (Phi) is 5.58. The minimum absolute atomic E-state index is 0.193. The van der Waals surface area contributed by atoms with Crippen molar-refractivity contribution < 1.29 is 17.9 Å². The molecule has 0 spiro atoms. The van der Waals surface area contributed by atoms with Gasteiger partial charge in [-0.1, -0.05) is 18.2 Å². The minimum atomic E-state index is -3.57. The van der Waals surface area contributed by atoms with Crippen molar-refractivity contribution in [3.63, 3.8) is 0 Å². The van der Waals surface area contributed by atoms with Gasteiger partial charge in [0.25, 0.3) is 0 Å². The fraction of sp³-hybridized carbons (Fsp3) is 0.316. The number of sulfonamides is 1. The summed E-state index contributed by atoms with van der Waals surface area (Å²) < 4.78 is 32.1. The van der Waals surface area contributed by atoms with Gasteiger partial charge in [0, 0.05) is 31.9 Å². The molecule has 0 aliphatic carbocycles. The predicted octanol–water partition coefficient (Wildman–Crippen LogP) is 2.37. The van der Waals surface area contributed by atoms with E-state index in [1.54, 1.807) is 6.92 Å². The summed E-state index contributed by atoms with van der Waals surface area (Å²) >= 11 is 0. The van der Waals surface area contributed by atoms with E-state index in [2.05, 4.69) is 4.90 Å². The van der Waals surface area contributed by atoms with E-state index in [4.69, 9.17) is 4.74 Å². The highest BCUT2D eigenvalue weighted by Gasteiger charge is 2.28. The quantitative estimate of drug-likeness (QED) is 0.752. The van der Waals surface area contributed by atoms with E-state index in [1.165, 1.54) is 28.6 Å². The van der Waals surface area contributed by atoms with Gasteiger partial charge in [0.1, 0.15) is 0 Å². The summed E-state index contributed by atoms with van der Waals surface area (Å²) in [5.74, 6) is -0.451. The summed E-state index contributed by atoms with van der Waals surface area (Å²) in [7, 11) is -3.57. The molecular formula is C19H22N2O4S. The molecule has 2 aromatic carbocycles. The van der Waals surface area contributed by atoms with Crippen molar-refractivity contribution in [1.29, 1.82) is 0 Å². The van der Waals surface area contributed by atoms with Gasteiger partial charge < -0.3 is 9.64 Å². The van der Waals surface area contributed by atoms with Crippen LogP contribution >= 0.6 is 0 Å². The van der Waals surface area contributed by atoms with Crippen LogP contribution in [0.2, 0.25) is 0 Å². The molecule has 0 radical (unpaired) electrons. The zero-order chi connectivity index (χ0) is 18.6. The van der Waals surface area contributed by atoms with Gasteiger partial charge in [-0.2, -0.15) is 4.31 Å². The normalized spacial score (nSPS) is 15.7. The summed E-state index contributed by atoms with van der Waals surface area (Å²) in [6, 6.07) is 15.9. The number of benzene rings is 2. The Bertz CT molecular complexity index is 843. The summed E-state index contributed by atoms with van der Waals surface area (Å²) in [5, 5.41) is 0. The number of carbonyl (C=O) groups excluding carboxylic acids is 1. The molecule has 0 N–H and O–H groups in total. The summed E-state index contributed by atoms with van der Waals surface area (Å²) in [6.45, 7) is 4.15. The molecule has 7 heteroatoms. The smallest absolute Gasteiger partial charge is 0.338 e. The van der Waals surface area contributed by atoms with Crippen molar-refractivity contribution in [2.24, 2.45) is 0 Å². The second kappa shape index (κ2) is 7.88. The van der Waals surface area contributed by atoms with Crippen molar-refractivity contribution in [2.45, 2.75) is 11.8 Å². The van der Waals surface area contributed by atoms with Gasteiger partial charge in [-0.3, -0.25) is 0 Å². The molecule has 6 nitrogen and oxygen atoms in total. The topological polar surface area (TPSA) is 66.9 Å². The monoisotopic (exact) mass is 374 g/mol. The second-order valence-corrected chi connectivity index (χ2v) is 7.91. The maximum Gasteiger partial charge on any atom is 0.338 e. The third kappa shape index (κ3) is 3.89. The van der Waals surface area contributed by atoms with Crippen LogP contribution in [0.5, 0.6) is 0 Å². The number of hydrogen-bond acceptors (Lipinski definition) is 5. The van der Waals surface area contributed by atoms with Crippen LogP contribution in [-0.2, 0) is 14.8 Å². The van der Waals surface area contributed by atoms with Crippen molar-refractivity contribution >= 4 is 21.7 Å². The van der Waals surface area contributed by atoms with Crippen LogP contribution in [0.4, 0.5) is 5.69 Å². The van der Waals surface area contributed by atoms with E-state index in [0.717, 1.165) is 5.69 Å². The molecule has 1 aliphatic heterocycles. The Balaban J connectivity index is 1.68. The predicted molar refractivity (Wildman–Crippen MR) is 99.8 cm³/mol. The number of nitrogens with zero attached hydrogens (tertiary/aromatic N) is 2. The van der Waals surface area contributed by atoms with Crippen LogP contribution < -0.4 is 4.90 Å². The molecule has 1 heterocycles. The van der Waals surface area contributed by atoms with E-state index in [0.29, 0.717) is 31.7 Å². The van der Waals surface area contributed by atoms with Gasteiger partial charge in [0.15, 0.2) is 0 Å². The first-order valence-corrected chi connectivity index (χ1v) is 10.0. The zero-order valence-corrected chi connectivity index (χ0v) is 15.5. The van der Waals surface area contributed by atoms with Crippen molar-refractivity contribution in [2.75, 3.05) is 37.7 Å². The molecular weight excluding hydrogens is 352 g/mol. The number of rotatable bonds is 5. The molecule has 0 aromatic heterocycles. The molecule has 0 saturated carbocycles. The molecule has 3 rings (SSSR count). The molecule has 138 valence electrons. The lowest BCUT2D eigenvalue weighted by Gasteiger charge is -2.35. The lowest BCUT2D eigenvalue weighted by molar-refractivity contribution is 0.0526. The number of esters is 1. The Hall–Kier alpha value is -2.38. The first-order valence-electron chi connectivity index (χ1n) is 8.59. The molecule has 0 unspecified atom stereocenters. The maximum absolute atomic E-state index is 12.8. The van der Waals surface area contributed by atoms with Crippen molar-refractivity contribution in [3.8, 4) is 0 Å².